The van der Waals surface area contributed by atoms with Crippen LogP contribution in [0.2, 0.25) is 0 Å². The molecule has 1 aliphatic carbocycles. The van der Waals surface area contributed by atoms with Gasteiger partial charge >= 0.3 is 0 Å². The molecule has 2 atom stereocenters. The molecule has 0 aliphatic heterocycles. The van der Waals surface area contributed by atoms with Gasteiger partial charge in [0.1, 0.15) is 0 Å². The summed E-state index contributed by atoms with van der Waals surface area (Å²) in [6.07, 6.45) is 5.33. The predicted octanol–water partition coefficient (Wildman–Crippen LogP) is 1.46. The van der Waals surface area contributed by atoms with E-state index in [9.17, 15) is 0 Å². The van der Waals surface area contributed by atoms with Gasteiger partial charge < -0.3 is 10.6 Å². The van der Waals surface area contributed by atoms with E-state index in [0.29, 0.717) is 0 Å². The third kappa shape index (κ3) is 2.20. The van der Waals surface area contributed by atoms with Crippen molar-refractivity contribution in [3.63, 3.8) is 0 Å². The van der Waals surface area contributed by atoms with Crippen LogP contribution in [0.15, 0.2) is 0 Å². The van der Waals surface area contributed by atoms with Crippen LogP contribution in [0.1, 0.15) is 32.6 Å². The van der Waals surface area contributed by atoms with Gasteiger partial charge in [0.2, 0.25) is 0 Å². The first-order chi connectivity index (χ1) is 5.79. The van der Waals surface area contributed by atoms with Crippen molar-refractivity contribution in [1.82, 2.24) is 4.90 Å². The predicted molar refractivity (Wildman–Crippen MR) is 53.1 cm³/mol. The van der Waals surface area contributed by atoms with Gasteiger partial charge in [-0.25, -0.2) is 0 Å². The SMILES string of the molecule is CCCN(C)C1CCCC1CN. The van der Waals surface area contributed by atoms with Gasteiger partial charge in [-0.2, -0.15) is 0 Å². The summed E-state index contributed by atoms with van der Waals surface area (Å²) in [5, 5.41) is 0. The van der Waals surface area contributed by atoms with Gasteiger partial charge in [-0.15, -0.1) is 0 Å². The highest BCUT2D eigenvalue weighted by atomic mass is 15.1. The van der Waals surface area contributed by atoms with E-state index in [-0.39, 0.29) is 0 Å². The van der Waals surface area contributed by atoms with E-state index in [4.69, 9.17) is 5.73 Å². The second-order valence-corrected chi connectivity index (χ2v) is 3.97. The summed E-state index contributed by atoms with van der Waals surface area (Å²) in [6.45, 7) is 4.34. The molecule has 1 aliphatic rings. The Balaban J connectivity index is 2.38. The van der Waals surface area contributed by atoms with Crippen LogP contribution in [-0.4, -0.2) is 31.1 Å². The Bertz CT molecular complexity index is 125. The fourth-order valence-corrected chi connectivity index (χ4v) is 2.39. The highest BCUT2D eigenvalue weighted by molar-refractivity contribution is 4.84. The molecule has 1 saturated carbocycles. The number of rotatable bonds is 4. The minimum absolute atomic E-state index is 0.765. The minimum Gasteiger partial charge on any atom is -0.330 e. The van der Waals surface area contributed by atoms with E-state index in [0.717, 1.165) is 18.5 Å². The van der Waals surface area contributed by atoms with Crippen molar-refractivity contribution in [2.45, 2.75) is 38.6 Å². The van der Waals surface area contributed by atoms with Crippen LogP contribution >= 0.6 is 0 Å². The third-order valence-electron chi connectivity index (χ3n) is 3.06. The van der Waals surface area contributed by atoms with Crippen LogP contribution in [0.3, 0.4) is 0 Å². The van der Waals surface area contributed by atoms with Crippen LogP contribution in [-0.2, 0) is 0 Å². The van der Waals surface area contributed by atoms with Crippen LogP contribution < -0.4 is 5.73 Å². The fourth-order valence-electron chi connectivity index (χ4n) is 2.39. The molecule has 2 nitrogen and oxygen atoms in total. The maximum absolute atomic E-state index is 5.73. The smallest absolute Gasteiger partial charge is 0.0132 e. The van der Waals surface area contributed by atoms with Gasteiger partial charge in [0.15, 0.2) is 0 Å². The molecule has 0 aromatic rings. The Labute approximate surface area is 76.1 Å². The molecule has 0 radical (unpaired) electrons. The average molecular weight is 170 g/mol. The summed E-state index contributed by atoms with van der Waals surface area (Å²) < 4.78 is 0. The molecule has 2 heteroatoms. The zero-order chi connectivity index (χ0) is 8.97. The van der Waals surface area contributed by atoms with E-state index in [1.165, 1.54) is 32.2 Å². The normalized spacial score (nSPS) is 30.0. The zero-order valence-corrected chi connectivity index (χ0v) is 8.42. The van der Waals surface area contributed by atoms with Gasteiger partial charge in [0.05, 0.1) is 0 Å². The summed E-state index contributed by atoms with van der Waals surface area (Å²) in [7, 11) is 2.24. The third-order valence-corrected chi connectivity index (χ3v) is 3.06. The molecule has 12 heavy (non-hydrogen) atoms. The highest BCUT2D eigenvalue weighted by Crippen LogP contribution is 2.28. The van der Waals surface area contributed by atoms with E-state index in [1.807, 2.05) is 0 Å². The topological polar surface area (TPSA) is 29.3 Å². The number of hydrogen-bond donors (Lipinski definition) is 1. The lowest BCUT2D eigenvalue weighted by atomic mass is 10.0. The Morgan fingerprint density at radius 1 is 1.42 bits per heavy atom. The van der Waals surface area contributed by atoms with E-state index in [2.05, 4.69) is 18.9 Å². The number of hydrogen-bond acceptors (Lipinski definition) is 2. The van der Waals surface area contributed by atoms with Crippen molar-refractivity contribution >= 4 is 0 Å². The van der Waals surface area contributed by atoms with Gasteiger partial charge in [-0.3, -0.25) is 0 Å². The molecular formula is C10H22N2. The van der Waals surface area contributed by atoms with Crippen LogP contribution in [0.25, 0.3) is 0 Å². The first-order valence-electron chi connectivity index (χ1n) is 5.20. The molecule has 1 fully saturated rings. The lowest BCUT2D eigenvalue weighted by molar-refractivity contribution is 0.201. The maximum atomic E-state index is 5.73. The minimum atomic E-state index is 0.765. The molecule has 2 N–H and O–H groups in total. The van der Waals surface area contributed by atoms with Crippen molar-refractivity contribution in [1.29, 1.82) is 0 Å². The van der Waals surface area contributed by atoms with Gasteiger partial charge in [0.25, 0.3) is 0 Å². The standard InChI is InChI=1S/C10H22N2/c1-3-7-12(2)10-6-4-5-9(10)8-11/h9-10H,3-8,11H2,1-2H3. The van der Waals surface area contributed by atoms with Crippen molar-refractivity contribution < 1.29 is 0 Å². The Morgan fingerprint density at radius 3 is 2.75 bits per heavy atom. The molecule has 0 bridgehead atoms. The quantitative estimate of drug-likeness (QED) is 0.692. The summed E-state index contributed by atoms with van der Waals surface area (Å²) in [5.41, 5.74) is 5.73. The van der Waals surface area contributed by atoms with Crippen molar-refractivity contribution in [2.24, 2.45) is 11.7 Å². The van der Waals surface area contributed by atoms with Gasteiger partial charge in [-0.1, -0.05) is 13.3 Å². The summed E-state index contributed by atoms with van der Waals surface area (Å²) in [4.78, 5) is 2.49. The molecule has 2 unspecified atom stereocenters. The first kappa shape index (κ1) is 10.0. The fraction of sp³-hybridized carbons (Fsp3) is 1.00. The molecule has 0 aromatic heterocycles. The van der Waals surface area contributed by atoms with Gasteiger partial charge in [-0.05, 0) is 45.3 Å². The van der Waals surface area contributed by atoms with Crippen LogP contribution in [0, 0.1) is 5.92 Å². The number of nitrogens with zero attached hydrogens (tertiary/aromatic N) is 1. The molecule has 0 spiro atoms. The second kappa shape index (κ2) is 4.83. The van der Waals surface area contributed by atoms with Crippen molar-refractivity contribution in [2.75, 3.05) is 20.1 Å². The lowest BCUT2D eigenvalue weighted by Gasteiger charge is -2.28. The van der Waals surface area contributed by atoms with Crippen molar-refractivity contribution in [3.05, 3.63) is 0 Å². The van der Waals surface area contributed by atoms with E-state index in [1.54, 1.807) is 0 Å². The Kier molecular flexibility index (Phi) is 4.02. The molecule has 0 heterocycles. The number of nitrogens with two attached hydrogens (primary N) is 1. The largest absolute Gasteiger partial charge is 0.330 e. The zero-order valence-electron chi connectivity index (χ0n) is 8.42. The second-order valence-electron chi connectivity index (χ2n) is 3.97. The molecular weight excluding hydrogens is 148 g/mol. The Hall–Kier alpha value is -0.0800. The van der Waals surface area contributed by atoms with Crippen LogP contribution in [0.5, 0.6) is 0 Å². The molecule has 0 saturated heterocycles. The Morgan fingerprint density at radius 2 is 2.17 bits per heavy atom. The molecule has 0 amide bonds. The monoisotopic (exact) mass is 170 g/mol. The lowest BCUT2D eigenvalue weighted by Crippen LogP contribution is -2.38. The maximum Gasteiger partial charge on any atom is 0.0132 e. The van der Waals surface area contributed by atoms with Crippen LogP contribution in [0.4, 0.5) is 0 Å². The summed E-state index contributed by atoms with van der Waals surface area (Å²) in [5.74, 6) is 0.765. The summed E-state index contributed by atoms with van der Waals surface area (Å²) in [6, 6.07) is 0.773. The van der Waals surface area contributed by atoms with Crippen molar-refractivity contribution in [3.8, 4) is 0 Å². The van der Waals surface area contributed by atoms with E-state index < -0.39 is 0 Å². The molecule has 72 valence electrons. The highest BCUT2D eigenvalue weighted by Gasteiger charge is 2.28. The molecule has 0 aromatic carbocycles. The van der Waals surface area contributed by atoms with Gasteiger partial charge in [0, 0.05) is 6.04 Å². The summed E-state index contributed by atoms with van der Waals surface area (Å²) >= 11 is 0. The van der Waals surface area contributed by atoms with E-state index >= 15 is 0 Å². The molecule has 1 rings (SSSR count). The average Bonchev–Trinajstić information content (AvgIpc) is 2.51. The first-order valence-corrected chi connectivity index (χ1v) is 5.20.